The van der Waals surface area contributed by atoms with Gasteiger partial charge in [-0.15, -0.1) is 24.0 Å². The first-order valence-corrected chi connectivity index (χ1v) is 9.05. The van der Waals surface area contributed by atoms with E-state index in [2.05, 4.69) is 47.4 Å². The minimum Gasteiger partial charge on any atom is -0.497 e. The summed E-state index contributed by atoms with van der Waals surface area (Å²) in [6, 6.07) is 9.46. The average molecular weight is 460 g/mol. The molecule has 6 heteroatoms. The van der Waals surface area contributed by atoms with Crippen molar-refractivity contribution in [1.82, 2.24) is 15.5 Å². The third-order valence-corrected chi connectivity index (χ3v) is 4.24. The molecule has 2 N–H and O–H groups in total. The SMILES string of the molecule is CCNC(=NCc1cccc(OC)c1)NCCN(C(C)C)C1CC1.I. The van der Waals surface area contributed by atoms with Crippen LogP contribution in [-0.4, -0.2) is 49.7 Å². The van der Waals surface area contributed by atoms with Crippen LogP contribution < -0.4 is 15.4 Å². The maximum absolute atomic E-state index is 5.27. The molecule has 0 spiro atoms. The van der Waals surface area contributed by atoms with Crippen LogP contribution in [0.15, 0.2) is 29.3 Å². The van der Waals surface area contributed by atoms with Gasteiger partial charge in [0.2, 0.25) is 0 Å². The van der Waals surface area contributed by atoms with Gasteiger partial charge in [0.15, 0.2) is 5.96 Å². The van der Waals surface area contributed by atoms with E-state index in [4.69, 9.17) is 4.74 Å². The number of aliphatic imine (C=N–C) groups is 1. The van der Waals surface area contributed by atoms with Crippen molar-refractivity contribution in [1.29, 1.82) is 0 Å². The van der Waals surface area contributed by atoms with E-state index in [1.54, 1.807) is 7.11 Å². The van der Waals surface area contributed by atoms with Gasteiger partial charge in [0.1, 0.15) is 5.75 Å². The summed E-state index contributed by atoms with van der Waals surface area (Å²) in [5.41, 5.74) is 1.15. The highest BCUT2D eigenvalue weighted by Gasteiger charge is 2.30. The summed E-state index contributed by atoms with van der Waals surface area (Å²) in [7, 11) is 1.69. The molecule has 1 aliphatic carbocycles. The summed E-state index contributed by atoms with van der Waals surface area (Å²) in [6.07, 6.45) is 2.70. The summed E-state index contributed by atoms with van der Waals surface area (Å²) in [5.74, 6) is 1.75. The van der Waals surface area contributed by atoms with E-state index in [-0.39, 0.29) is 24.0 Å². The van der Waals surface area contributed by atoms with Gasteiger partial charge in [0, 0.05) is 31.7 Å². The third-order valence-electron chi connectivity index (χ3n) is 4.24. The fourth-order valence-electron chi connectivity index (χ4n) is 2.85. The van der Waals surface area contributed by atoms with Crippen molar-refractivity contribution in [2.45, 2.75) is 52.2 Å². The number of hydrogen-bond donors (Lipinski definition) is 2. The molecule has 0 amide bonds. The Labute approximate surface area is 169 Å². The summed E-state index contributed by atoms with van der Waals surface area (Å²) < 4.78 is 5.27. The van der Waals surface area contributed by atoms with Gasteiger partial charge in [-0.2, -0.15) is 0 Å². The second-order valence-electron chi connectivity index (χ2n) is 6.54. The second-order valence-corrected chi connectivity index (χ2v) is 6.54. The molecule has 1 aromatic rings. The van der Waals surface area contributed by atoms with Gasteiger partial charge in [-0.1, -0.05) is 12.1 Å². The molecule has 0 aromatic heterocycles. The molecule has 0 radical (unpaired) electrons. The predicted molar refractivity (Wildman–Crippen MR) is 116 cm³/mol. The number of benzene rings is 1. The smallest absolute Gasteiger partial charge is 0.191 e. The molecule has 0 aliphatic heterocycles. The Morgan fingerprint density at radius 1 is 1.32 bits per heavy atom. The van der Waals surface area contributed by atoms with Gasteiger partial charge in [-0.3, -0.25) is 4.90 Å². The Bertz CT molecular complexity index is 530. The summed E-state index contributed by atoms with van der Waals surface area (Å²) >= 11 is 0. The van der Waals surface area contributed by atoms with Gasteiger partial charge in [-0.05, 0) is 51.3 Å². The number of halogens is 1. The molecule has 1 aromatic carbocycles. The average Bonchev–Trinajstić information content (AvgIpc) is 3.41. The van der Waals surface area contributed by atoms with Crippen molar-refractivity contribution < 1.29 is 4.74 Å². The lowest BCUT2D eigenvalue weighted by atomic mass is 10.2. The van der Waals surface area contributed by atoms with E-state index in [0.717, 1.165) is 42.9 Å². The van der Waals surface area contributed by atoms with Crippen molar-refractivity contribution >= 4 is 29.9 Å². The molecule has 2 rings (SSSR count). The normalized spacial score (nSPS) is 14.4. The standard InChI is InChI=1S/C19H32N4O.HI/c1-5-20-19(21-11-12-23(15(2)3)17-9-10-17)22-14-16-7-6-8-18(13-16)24-4;/h6-8,13,15,17H,5,9-12,14H2,1-4H3,(H2,20,21,22);1H. The van der Waals surface area contributed by atoms with Crippen molar-refractivity contribution in [2.75, 3.05) is 26.7 Å². The summed E-state index contributed by atoms with van der Waals surface area (Å²) in [6.45, 7) is 10.1. The summed E-state index contributed by atoms with van der Waals surface area (Å²) in [4.78, 5) is 7.26. The van der Waals surface area contributed by atoms with Gasteiger partial charge in [0.05, 0.1) is 13.7 Å². The van der Waals surface area contributed by atoms with E-state index in [0.29, 0.717) is 12.6 Å². The van der Waals surface area contributed by atoms with Crippen LogP contribution in [0, 0.1) is 0 Å². The second kappa shape index (κ2) is 11.6. The third kappa shape index (κ3) is 7.81. The van der Waals surface area contributed by atoms with Gasteiger partial charge in [0.25, 0.3) is 0 Å². The zero-order valence-electron chi connectivity index (χ0n) is 15.9. The topological polar surface area (TPSA) is 48.9 Å². The molecule has 1 fully saturated rings. The molecule has 0 heterocycles. The van der Waals surface area contributed by atoms with Crippen molar-refractivity contribution in [3.05, 3.63) is 29.8 Å². The molecule has 1 saturated carbocycles. The predicted octanol–water partition coefficient (Wildman–Crippen LogP) is 3.24. The first-order valence-electron chi connectivity index (χ1n) is 9.05. The number of nitrogens with one attached hydrogen (secondary N) is 2. The molecule has 0 atom stereocenters. The van der Waals surface area contributed by atoms with Crippen LogP contribution >= 0.6 is 24.0 Å². The van der Waals surface area contributed by atoms with E-state index in [1.807, 2.05) is 18.2 Å². The minimum absolute atomic E-state index is 0. The molecule has 5 nitrogen and oxygen atoms in total. The largest absolute Gasteiger partial charge is 0.497 e. The monoisotopic (exact) mass is 460 g/mol. The van der Waals surface area contributed by atoms with Crippen LogP contribution in [0.4, 0.5) is 0 Å². The van der Waals surface area contributed by atoms with Crippen LogP contribution in [0.3, 0.4) is 0 Å². The fraction of sp³-hybridized carbons (Fsp3) is 0.632. The van der Waals surface area contributed by atoms with E-state index >= 15 is 0 Å². The molecule has 0 bridgehead atoms. The Balaban J connectivity index is 0.00000312. The Kier molecular flexibility index (Phi) is 10.2. The number of methoxy groups -OCH3 is 1. The van der Waals surface area contributed by atoms with Crippen LogP contribution in [-0.2, 0) is 6.54 Å². The van der Waals surface area contributed by atoms with Crippen molar-refractivity contribution in [2.24, 2.45) is 4.99 Å². The maximum Gasteiger partial charge on any atom is 0.191 e. The lowest BCUT2D eigenvalue weighted by Crippen LogP contribution is -2.43. The number of ether oxygens (including phenoxy) is 1. The van der Waals surface area contributed by atoms with Crippen LogP contribution in [0.1, 0.15) is 39.2 Å². The Morgan fingerprint density at radius 2 is 2.08 bits per heavy atom. The number of rotatable bonds is 9. The maximum atomic E-state index is 5.27. The lowest BCUT2D eigenvalue weighted by Gasteiger charge is -2.26. The highest BCUT2D eigenvalue weighted by Crippen LogP contribution is 2.27. The lowest BCUT2D eigenvalue weighted by molar-refractivity contribution is 0.215. The molecular formula is C19H33IN4O. The molecule has 0 saturated heterocycles. The zero-order chi connectivity index (χ0) is 17.4. The molecule has 25 heavy (non-hydrogen) atoms. The Morgan fingerprint density at radius 3 is 2.68 bits per heavy atom. The summed E-state index contributed by atoms with van der Waals surface area (Å²) in [5, 5.41) is 6.77. The first-order chi connectivity index (χ1) is 11.6. The quantitative estimate of drug-likeness (QED) is 0.338. The van der Waals surface area contributed by atoms with E-state index in [9.17, 15) is 0 Å². The van der Waals surface area contributed by atoms with Crippen molar-refractivity contribution in [3.63, 3.8) is 0 Å². The number of hydrogen-bond acceptors (Lipinski definition) is 3. The van der Waals surface area contributed by atoms with Crippen LogP contribution in [0.25, 0.3) is 0 Å². The highest BCUT2D eigenvalue weighted by molar-refractivity contribution is 14.0. The van der Waals surface area contributed by atoms with Crippen LogP contribution in [0.5, 0.6) is 5.75 Å². The molecule has 142 valence electrons. The molecular weight excluding hydrogens is 427 g/mol. The van der Waals surface area contributed by atoms with Gasteiger partial charge in [-0.25, -0.2) is 4.99 Å². The van der Waals surface area contributed by atoms with E-state index in [1.165, 1.54) is 12.8 Å². The molecule has 0 unspecified atom stereocenters. The number of guanidine groups is 1. The fourth-order valence-corrected chi connectivity index (χ4v) is 2.85. The zero-order valence-corrected chi connectivity index (χ0v) is 18.2. The number of nitrogens with zero attached hydrogens (tertiary/aromatic N) is 2. The minimum atomic E-state index is 0. The Hall–Kier alpha value is -1.02. The van der Waals surface area contributed by atoms with Gasteiger partial charge < -0.3 is 15.4 Å². The van der Waals surface area contributed by atoms with E-state index < -0.39 is 0 Å². The van der Waals surface area contributed by atoms with Crippen LogP contribution in [0.2, 0.25) is 0 Å². The molecule has 1 aliphatic rings. The first kappa shape index (κ1) is 22.0. The highest BCUT2D eigenvalue weighted by atomic mass is 127. The van der Waals surface area contributed by atoms with Gasteiger partial charge >= 0.3 is 0 Å². The van der Waals surface area contributed by atoms with Crippen molar-refractivity contribution in [3.8, 4) is 5.75 Å².